The fraction of sp³-hybridized carbons (Fsp3) is 0.562. The lowest BCUT2D eigenvalue weighted by atomic mass is 10.0. The van der Waals surface area contributed by atoms with Crippen molar-refractivity contribution in [2.24, 2.45) is 0 Å². The average molecular weight is 276 g/mol. The number of nitrogens with one attached hydrogen (secondary N) is 1. The molecule has 2 rings (SSSR count). The van der Waals surface area contributed by atoms with E-state index in [-0.39, 0.29) is 5.97 Å². The van der Waals surface area contributed by atoms with Gasteiger partial charge in [-0.3, -0.25) is 0 Å². The lowest BCUT2D eigenvalue weighted by Crippen LogP contribution is -2.40. The molecule has 0 saturated carbocycles. The number of benzene rings is 1. The fourth-order valence-electron chi connectivity index (χ4n) is 2.69. The first kappa shape index (κ1) is 14.9. The van der Waals surface area contributed by atoms with Crippen molar-refractivity contribution in [1.82, 2.24) is 4.90 Å². The van der Waals surface area contributed by atoms with Crippen LogP contribution in [0.15, 0.2) is 18.2 Å². The molecule has 1 aliphatic rings. The predicted octanol–water partition coefficient (Wildman–Crippen LogP) is 2.68. The lowest BCUT2D eigenvalue weighted by molar-refractivity contribution is 0.0601. The van der Waals surface area contributed by atoms with E-state index < -0.39 is 0 Å². The van der Waals surface area contributed by atoms with Gasteiger partial charge in [0.2, 0.25) is 0 Å². The van der Waals surface area contributed by atoms with Crippen molar-refractivity contribution in [2.45, 2.75) is 32.2 Å². The number of nitrogens with zero attached hydrogens (tertiary/aromatic N) is 1. The zero-order chi connectivity index (χ0) is 14.5. The van der Waals surface area contributed by atoms with Gasteiger partial charge < -0.3 is 15.0 Å². The minimum atomic E-state index is -0.289. The molecule has 0 aliphatic carbocycles. The number of carbonyl (C=O) groups excluding carboxylic acids is 1. The van der Waals surface area contributed by atoms with Crippen molar-refractivity contribution in [1.29, 1.82) is 0 Å². The van der Waals surface area contributed by atoms with E-state index in [2.05, 4.69) is 17.3 Å². The van der Waals surface area contributed by atoms with E-state index in [4.69, 9.17) is 4.74 Å². The number of methoxy groups -OCH3 is 1. The summed E-state index contributed by atoms with van der Waals surface area (Å²) in [6.45, 7) is 4.14. The average Bonchev–Trinajstić information content (AvgIpc) is 2.47. The maximum Gasteiger partial charge on any atom is 0.337 e. The molecule has 1 aromatic carbocycles. The number of aryl methyl sites for hydroxylation is 1. The summed E-state index contributed by atoms with van der Waals surface area (Å²) in [5.41, 5.74) is 2.76. The Morgan fingerprint density at radius 1 is 1.45 bits per heavy atom. The monoisotopic (exact) mass is 276 g/mol. The van der Waals surface area contributed by atoms with E-state index in [9.17, 15) is 4.79 Å². The van der Waals surface area contributed by atoms with Gasteiger partial charge in [-0.2, -0.15) is 0 Å². The quantitative estimate of drug-likeness (QED) is 0.859. The predicted molar refractivity (Wildman–Crippen MR) is 81.3 cm³/mol. The zero-order valence-corrected chi connectivity index (χ0v) is 12.6. The molecule has 1 atom stereocenters. The third kappa shape index (κ3) is 3.51. The van der Waals surface area contributed by atoms with Gasteiger partial charge in [0.15, 0.2) is 0 Å². The summed E-state index contributed by atoms with van der Waals surface area (Å²) in [5.74, 6) is -0.289. The van der Waals surface area contributed by atoms with Gasteiger partial charge in [0, 0.05) is 18.3 Å². The molecule has 0 radical (unpaired) electrons. The van der Waals surface area contributed by atoms with Crippen molar-refractivity contribution < 1.29 is 9.53 Å². The molecule has 1 saturated heterocycles. The summed E-state index contributed by atoms with van der Waals surface area (Å²) in [5, 5.41) is 3.48. The second-order valence-electron chi connectivity index (χ2n) is 5.53. The molecule has 1 aromatic rings. The van der Waals surface area contributed by atoms with E-state index in [0.29, 0.717) is 11.6 Å². The number of likely N-dealkylation sites (tertiary alicyclic amines) is 1. The van der Waals surface area contributed by atoms with Crippen LogP contribution < -0.4 is 5.32 Å². The van der Waals surface area contributed by atoms with Crippen molar-refractivity contribution in [3.63, 3.8) is 0 Å². The van der Waals surface area contributed by atoms with Gasteiger partial charge in [0.05, 0.1) is 12.7 Å². The summed E-state index contributed by atoms with van der Waals surface area (Å²) >= 11 is 0. The van der Waals surface area contributed by atoms with Crippen LogP contribution in [0.4, 0.5) is 5.69 Å². The standard InChI is InChI=1S/C16H24N2O2/c1-12-7-8-13(16(19)20-3)10-15(12)17-11-14-6-4-5-9-18(14)2/h7-8,10,14,17H,4-6,9,11H2,1-3H3. The Labute approximate surface area is 121 Å². The Morgan fingerprint density at radius 2 is 2.25 bits per heavy atom. The third-order valence-electron chi connectivity index (χ3n) is 4.11. The Balaban J connectivity index is 2.02. The highest BCUT2D eigenvalue weighted by Crippen LogP contribution is 2.20. The molecule has 0 spiro atoms. The lowest BCUT2D eigenvalue weighted by Gasteiger charge is -2.33. The number of rotatable bonds is 4. The van der Waals surface area contributed by atoms with E-state index >= 15 is 0 Å². The Bertz CT molecular complexity index is 474. The SMILES string of the molecule is COC(=O)c1ccc(C)c(NCC2CCCCN2C)c1. The topological polar surface area (TPSA) is 41.6 Å². The van der Waals surface area contributed by atoms with Gasteiger partial charge in [0.1, 0.15) is 0 Å². The van der Waals surface area contributed by atoms with Crippen LogP contribution >= 0.6 is 0 Å². The number of carbonyl (C=O) groups is 1. The molecular formula is C16H24N2O2. The van der Waals surface area contributed by atoms with Crippen molar-refractivity contribution in [3.05, 3.63) is 29.3 Å². The molecule has 0 bridgehead atoms. The summed E-state index contributed by atoms with van der Waals surface area (Å²) in [6, 6.07) is 6.22. The maximum atomic E-state index is 11.6. The van der Waals surface area contributed by atoms with Crippen molar-refractivity contribution in [3.8, 4) is 0 Å². The van der Waals surface area contributed by atoms with Gasteiger partial charge in [-0.25, -0.2) is 4.79 Å². The molecule has 1 fully saturated rings. The second kappa shape index (κ2) is 6.75. The van der Waals surface area contributed by atoms with Gasteiger partial charge in [-0.1, -0.05) is 12.5 Å². The first-order valence-electron chi connectivity index (χ1n) is 7.25. The highest BCUT2D eigenvalue weighted by atomic mass is 16.5. The van der Waals surface area contributed by atoms with Crippen LogP contribution in [0, 0.1) is 6.92 Å². The van der Waals surface area contributed by atoms with Gasteiger partial charge in [0.25, 0.3) is 0 Å². The van der Waals surface area contributed by atoms with Crippen molar-refractivity contribution in [2.75, 3.05) is 32.6 Å². The number of hydrogen-bond acceptors (Lipinski definition) is 4. The highest BCUT2D eigenvalue weighted by Gasteiger charge is 2.18. The molecule has 1 aliphatic heterocycles. The van der Waals surface area contributed by atoms with Gasteiger partial charge in [-0.05, 0) is 51.1 Å². The van der Waals surface area contributed by atoms with E-state index in [1.165, 1.54) is 32.9 Å². The smallest absolute Gasteiger partial charge is 0.337 e. The molecule has 20 heavy (non-hydrogen) atoms. The summed E-state index contributed by atoms with van der Waals surface area (Å²) in [6.07, 6.45) is 3.83. The van der Waals surface area contributed by atoms with Crippen LogP contribution in [0.5, 0.6) is 0 Å². The molecule has 1 N–H and O–H groups in total. The summed E-state index contributed by atoms with van der Waals surface area (Å²) in [4.78, 5) is 14.0. The minimum absolute atomic E-state index is 0.289. The Kier molecular flexibility index (Phi) is 5.01. The van der Waals surface area contributed by atoms with Gasteiger partial charge >= 0.3 is 5.97 Å². The van der Waals surface area contributed by atoms with Gasteiger partial charge in [-0.15, -0.1) is 0 Å². The largest absolute Gasteiger partial charge is 0.465 e. The number of piperidine rings is 1. The Morgan fingerprint density at radius 3 is 2.95 bits per heavy atom. The maximum absolute atomic E-state index is 11.6. The van der Waals surface area contributed by atoms with Crippen LogP contribution in [-0.2, 0) is 4.74 Å². The molecule has 1 unspecified atom stereocenters. The molecule has 4 heteroatoms. The molecule has 110 valence electrons. The molecular weight excluding hydrogens is 252 g/mol. The zero-order valence-electron chi connectivity index (χ0n) is 12.6. The molecule has 4 nitrogen and oxygen atoms in total. The fourth-order valence-corrected chi connectivity index (χ4v) is 2.69. The number of anilines is 1. The van der Waals surface area contributed by atoms with E-state index in [1.54, 1.807) is 6.07 Å². The van der Waals surface area contributed by atoms with E-state index in [0.717, 1.165) is 17.8 Å². The molecule has 0 aromatic heterocycles. The van der Waals surface area contributed by atoms with Crippen molar-refractivity contribution >= 4 is 11.7 Å². The normalized spacial score (nSPS) is 19.6. The number of hydrogen-bond donors (Lipinski definition) is 1. The second-order valence-corrected chi connectivity index (χ2v) is 5.53. The summed E-state index contributed by atoms with van der Waals surface area (Å²) < 4.78 is 4.77. The first-order valence-corrected chi connectivity index (χ1v) is 7.25. The number of likely N-dealkylation sites (N-methyl/N-ethyl adjacent to an activating group) is 1. The van der Waals surface area contributed by atoms with Crippen LogP contribution in [0.2, 0.25) is 0 Å². The van der Waals surface area contributed by atoms with Crippen LogP contribution in [0.3, 0.4) is 0 Å². The first-order chi connectivity index (χ1) is 9.61. The Hall–Kier alpha value is -1.55. The van der Waals surface area contributed by atoms with E-state index in [1.807, 2.05) is 19.1 Å². The van der Waals surface area contributed by atoms with Crippen LogP contribution in [0.1, 0.15) is 35.2 Å². The third-order valence-corrected chi connectivity index (χ3v) is 4.11. The summed E-state index contributed by atoms with van der Waals surface area (Å²) in [7, 11) is 3.59. The minimum Gasteiger partial charge on any atom is -0.465 e. The van der Waals surface area contributed by atoms with Crippen LogP contribution in [0.25, 0.3) is 0 Å². The highest BCUT2D eigenvalue weighted by molar-refractivity contribution is 5.90. The molecule has 0 amide bonds. The number of esters is 1. The number of ether oxygens (including phenoxy) is 1. The molecule has 1 heterocycles. The van der Waals surface area contributed by atoms with Crippen LogP contribution in [-0.4, -0.2) is 44.2 Å².